The minimum atomic E-state index is -0.103. The Morgan fingerprint density at radius 1 is 0.737 bits per heavy atom. The molecule has 3 heteroatoms. The Kier molecular flexibility index (Phi) is 12.3. The Morgan fingerprint density at radius 2 is 1.21 bits per heavy atom. The van der Waals surface area contributed by atoms with Gasteiger partial charge in [-0.25, -0.2) is 0 Å². The molecule has 0 aliphatic rings. The molecule has 0 heterocycles. The molecule has 116 valence electrons. The van der Waals surface area contributed by atoms with E-state index in [4.69, 9.17) is 0 Å². The van der Waals surface area contributed by atoms with Crippen molar-refractivity contribution in [1.82, 2.24) is 9.34 Å². The highest BCUT2D eigenvalue weighted by atomic mass is 31.1. The van der Waals surface area contributed by atoms with Gasteiger partial charge in [0.2, 0.25) is 0 Å². The van der Waals surface area contributed by atoms with Gasteiger partial charge in [0.1, 0.15) is 0 Å². The van der Waals surface area contributed by atoms with E-state index in [1.807, 2.05) is 0 Å². The highest BCUT2D eigenvalue weighted by Gasteiger charge is 2.26. The summed E-state index contributed by atoms with van der Waals surface area (Å²) in [6, 6.07) is 0. The first-order valence-corrected chi connectivity index (χ1v) is 9.76. The van der Waals surface area contributed by atoms with Gasteiger partial charge < -0.3 is 0 Å². The molecule has 0 saturated carbocycles. The van der Waals surface area contributed by atoms with Crippen LogP contribution in [0.1, 0.15) is 73.6 Å². The van der Waals surface area contributed by atoms with E-state index < -0.39 is 0 Å². The lowest BCUT2D eigenvalue weighted by atomic mass is 10.1. The van der Waals surface area contributed by atoms with Crippen LogP contribution in [0.15, 0.2) is 0 Å². The molecule has 0 N–H and O–H groups in total. The standard InChI is InChI=1S/C16H37N2P/c1-7-12-13-14-15-16(6)19(17(8-2)9-3)18(10-4)11-5/h16H,7-15H2,1-6H3. The van der Waals surface area contributed by atoms with Crippen molar-refractivity contribution in [1.29, 1.82) is 0 Å². The fraction of sp³-hybridized carbons (Fsp3) is 1.00. The van der Waals surface area contributed by atoms with E-state index in [0.29, 0.717) is 0 Å². The molecule has 0 amide bonds. The molecule has 0 fully saturated rings. The lowest BCUT2D eigenvalue weighted by Crippen LogP contribution is -2.33. The third-order valence-electron chi connectivity index (χ3n) is 3.91. The molecule has 0 spiro atoms. The Bertz CT molecular complexity index is 179. The third kappa shape index (κ3) is 7.06. The van der Waals surface area contributed by atoms with Crippen molar-refractivity contribution in [3.63, 3.8) is 0 Å². The van der Waals surface area contributed by atoms with Gasteiger partial charge in [-0.05, 0) is 6.42 Å². The second-order valence-electron chi connectivity index (χ2n) is 5.30. The highest BCUT2D eigenvalue weighted by Crippen LogP contribution is 2.49. The predicted molar refractivity (Wildman–Crippen MR) is 91.0 cm³/mol. The first-order valence-electron chi connectivity index (χ1n) is 8.44. The number of unbranched alkanes of at least 4 members (excludes halogenated alkanes) is 3. The van der Waals surface area contributed by atoms with Crippen molar-refractivity contribution < 1.29 is 0 Å². The van der Waals surface area contributed by atoms with Crippen LogP contribution in [0.5, 0.6) is 0 Å². The van der Waals surface area contributed by atoms with E-state index in [0.717, 1.165) is 5.66 Å². The van der Waals surface area contributed by atoms with Gasteiger partial charge in [0.05, 0.1) is 0 Å². The van der Waals surface area contributed by atoms with Crippen LogP contribution >= 0.6 is 8.22 Å². The van der Waals surface area contributed by atoms with Crippen LogP contribution < -0.4 is 0 Å². The number of hydrogen-bond acceptors (Lipinski definition) is 2. The predicted octanol–water partition coefficient (Wildman–Crippen LogP) is 5.34. The summed E-state index contributed by atoms with van der Waals surface area (Å²) in [4.78, 5) is 0. The Hall–Kier alpha value is 0.350. The summed E-state index contributed by atoms with van der Waals surface area (Å²) in [6.07, 6.45) is 6.98. The Morgan fingerprint density at radius 3 is 1.58 bits per heavy atom. The molecule has 2 nitrogen and oxygen atoms in total. The molecule has 0 aromatic rings. The van der Waals surface area contributed by atoms with Crippen molar-refractivity contribution in [2.24, 2.45) is 0 Å². The SMILES string of the molecule is CCCCCCC(C)P(N(CC)CC)N(CC)CC. The van der Waals surface area contributed by atoms with E-state index in [9.17, 15) is 0 Å². The molecule has 0 aliphatic carbocycles. The van der Waals surface area contributed by atoms with E-state index in [2.05, 4.69) is 50.9 Å². The zero-order valence-corrected chi connectivity index (χ0v) is 15.2. The summed E-state index contributed by atoms with van der Waals surface area (Å²) >= 11 is 0. The molecule has 19 heavy (non-hydrogen) atoms. The largest absolute Gasteiger partial charge is 0.270 e. The fourth-order valence-corrected chi connectivity index (χ4v) is 5.79. The summed E-state index contributed by atoms with van der Waals surface area (Å²) in [6.45, 7) is 18.8. The topological polar surface area (TPSA) is 6.48 Å². The molecule has 0 aromatic heterocycles. The molecule has 0 aliphatic heterocycles. The van der Waals surface area contributed by atoms with Crippen molar-refractivity contribution in [3.8, 4) is 0 Å². The lowest BCUT2D eigenvalue weighted by Gasteiger charge is -2.41. The first kappa shape index (κ1) is 19.4. The summed E-state index contributed by atoms with van der Waals surface area (Å²) in [5.74, 6) is 0. The van der Waals surface area contributed by atoms with Crippen molar-refractivity contribution in [3.05, 3.63) is 0 Å². The quantitative estimate of drug-likeness (QED) is 0.353. The number of rotatable bonds is 12. The maximum Gasteiger partial charge on any atom is 0.0424 e. The van der Waals surface area contributed by atoms with Gasteiger partial charge >= 0.3 is 0 Å². The zero-order valence-electron chi connectivity index (χ0n) is 14.3. The van der Waals surface area contributed by atoms with Crippen LogP contribution in [0, 0.1) is 0 Å². The van der Waals surface area contributed by atoms with Crippen LogP contribution in [0.2, 0.25) is 0 Å². The van der Waals surface area contributed by atoms with Gasteiger partial charge in [-0.3, -0.25) is 9.34 Å². The molecular weight excluding hydrogens is 251 g/mol. The van der Waals surface area contributed by atoms with Gasteiger partial charge in [-0.2, -0.15) is 0 Å². The van der Waals surface area contributed by atoms with Gasteiger partial charge in [0.25, 0.3) is 0 Å². The molecule has 0 bridgehead atoms. The molecule has 1 unspecified atom stereocenters. The maximum absolute atomic E-state index is 2.70. The monoisotopic (exact) mass is 288 g/mol. The second kappa shape index (κ2) is 12.1. The van der Waals surface area contributed by atoms with Crippen molar-refractivity contribution in [2.75, 3.05) is 26.2 Å². The normalized spacial score (nSPS) is 13.7. The molecule has 0 saturated heterocycles. The third-order valence-corrected chi connectivity index (χ3v) is 7.25. The molecule has 0 aromatic carbocycles. The number of nitrogens with zero attached hydrogens (tertiary/aromatic N) is 2. The van der Waals surface area contributed by atoms with Crippen LogP contribution in [0.4, 0.5) is 0 Å². The van der Waals surface area contributed by atoms with Gasteiger partial charge in [0, 0.05) is 40.1 Å². The van der Waals surface area contributed by atoms with Crippen LogP contribution in [-0.2, 0) is 0 Å². The minimum absolute atomic E-state index is 0.103. The summed E-state index contributed by atoms with van der Waals surface area (Å²) in [5.41, 5.74) is 0.839. The van der Waals surface area contributed by atoms with Gasteiger partial charge in [-0.15, -0.1) is 0 Å². The summed E-state index contributed by atoms with van der Waals surface area (Å²) in [7, 11) is -0.103. The molecular formula is C16H37N2P. The smallest absolute Gasteiger partial charge is 0.0424 e. The summed E-state index contributed by atoms with van der Waals surface area (Å²) < 4.78 is 5.40. The van der Waals surface area contributed by atoms with Gasteiger partial charge in [0.15, 0.2) is 0 Å². The van der Waals surface area contributed by atoms with E-state index in [1.165, 1.54) is 58.3 Å². The lowest BCUT2D eigenvalue weighted by molar-refractivity contribution is 0.411. The average molecular weight is 288 g/mol. The Balaban J connectivity index is 4.52. The maximum atomic E-state index is 2.70. The first-order chi connectivity index (χ1) is 9.15. The van der Waals surface area contributed by atoms with E-state index >= 15 is 0 Å². The molecule has 1 atom stereocenters. The molecule has 0 rings (SSSR count). The second-order valence-corrected chi connectivity index (χ2v) is 7.95. The van der Waals surface area contributed by atoms with E-state index in [1.54, 1.807) is 0 Å². The zero-order chi connectivity index (χ0) is 14.7. The highest BCUT2D eigenvalue weighted by molar-refractivity contribution is 7.53. The van der Waals surface area contributed by atoms with Crippen LogP contribution in [0.3, 0.4) is 0 Å². The molecule has 0 radical (unpaired) electrons. The number of hydrogen-bond donors (Lipinski definition) is 0. The van der Waals surface area contributed by atoms with Crippen molar-refractivity contribution in [2.45, 2.75) is 79.3 Å². The van der Waals surface area contributed by atoms with Crippen LogP contribution in [0.25, 0.3) is 0 Å². The van der Waals surface area contributed by atoms with Gasteiger partial charge in [-0.1, -0.05) is 67.2 Å². The fourth-order valence-electron chi connectivity index (χ4n) is 2.75. The summed E-state index contributed by atoms with van der Waals surface area (Å²) in [5, 5.41) is 0. The van der Waals surface area contributed by atoms with E-state index in [-0.39, 0.29) is 8.22 Å². The van der Waals surface area contributed by atoms with Crippen molar-refractivity contribution >= 4 is 8.22 Å². The minimum Gasteiger partial charge on any atom is -0.270 e. The van der Waals surface area contributed by atoms with Crippen LogP contribution in [-0.4, -0.2) is 41.2 Å². The average Bonchev–Trinajstić information content (AvgIpc) is 2.44. The Labute approximate surface area is 123 Å².